The highest BCUT2D eigenvalue weighted by Gasteiger charge is 2.15. The molecule has 1 aliphatic rings. The lowest BCUT2D eigenvalue weighted by Crippen LogP contribution is -2.30. The molecule has 19 heavy (non-hydrogen) atoms. The number of rotatable bonds is 4. The van der Waals surface area contributed by atoms with Gasteiger partial charge in [-0.25, -0.2) is 0 Å². The second-order valence-corrected chi connectivity index (χ2v) is 5.09. The van der Waals surface area contributed by atoms with E-state index in [1.807, 2.05) is 12.1 Å². The van der Waals surface area contributed by atoms with Crippen molar-refractivity contribution in [2.24, 2.45) is 0 Å². The van der Waals surface area contributed by atoms with Gasteiger partial charge in [0.15, 0.2) is 11.5 Å². The Labute approximate surface area is 120 Å². The molecule has 0 bridgehead atoms. The van der Waals surface area contributed by atoms with Crippen LogP contribution >= 0.6 is 15.9 Å². The fourth-order valence-electron chi connectivity index (χ4n) is 1.79. The van der Waals surface area contributed by atoms with Crippen LogP contribution in [0.4, 0.5) is 0 Å². The van der Waals surface area contributed by atoms with E-state index in [9.17, 15) is 4.79 Å². The summed E-state index contributed by atoms with van der Waals surface area (Å²) in [6.45, 7) is 2.22. The number of benzene rings is 1. The molecule has 5 nitrogen and oxygen atoms in total. The van der Waals surface area contributed by atoms with Gasteiger partial charge in [0.2, 0.25) is 5.91 Å². The molecule has 2 N–H and O–H groups in total. The summed E-state index contributed by atoms with van der Waals surface area (Å²) in [6, 6.07) is 3.92. The minimum Gasteiger partial charge on any atom is -0.490 e. The molecule has 0 saturated heterocycles. The van der Waals surface area contributed by atoms with Crippen LogP contribution in [-0.4, -0.2) is 32.7 Å². The Morgan fingerprint density at radius 1 is 1.37 bits per heavy atom. The molecule has 1 aliphatic heterocycles. The summed E-state index contributed by atoms with van der Waals surface area (Å²) in [6.07, 6.45) is 0.880. The number of carbonyl (C=O) groups excluding carboxylic acids is 1. The Kier molecular flexibility index (Phi) is 5.04. The molecule has 0 radical (unpaired) electrons. The zero-order valence-corrected chi connectivity index (χ0v) is 12.4. The van der Waals surface area contributed by atoms with E-state index in [2.05, 4.69) is 26.6 Å². The third-order valence-corrected chi connectivity index (χ3v) is 3.34. The van der Waals surface area contributed by atoms with E-state index in [-0.39, 0.29) is 5.91 Å². The summed E-state index contributed by atoms with van der Waals surface area (Å²) in [5.41, 5.74) is 1.04. The van der Waals surface area contributed by atoms with Crippen LogP contribution < -0.4 is 20.1 Å². The fourth-order valence-corrected chi connectivity index (χ4v) is 2.40. The number of hydrogen-bond acceptors (Lipinski definition) is 4. The zero-order chi connectivity index (χ0) is 13.7. The van der Waals surface area contributed by atoms with Crippen LogP contribution in [0.15, 0.2) is 16.6 Å². The standard InChI is InChI=1S/C13H17BrN2O3/c1-15-12(17)8-16-7-9-5-10(14)13-11(6-9)18-3-2-4-19-13/h5-6,16H,2-4,7-8H2,1H3,(H,15,17). The SMILES string of the molecule is CNC(=O)CNCc1cc(Br)c2c(c1)OCCCO2. The molecule has 0 atom stereocenters. The maximum Gasteiger partial charge on any atom is 0.233 e. The predicted molar refractivity (Wildman–Crippen MR) is 75.5 cm³/mol. The summed E-state index contributed by atoms with van der Waals surface area (Å²) in [4.78, 5) is 11.1. The summed E-state index contributed by atoms with van der Waals surface area (Å²) in [7, 11) is 1.62. The van der Waals surface area contributed by atoms with E-state index < -0.39 is 0 Å². The normalized spacial score (nSPS) is 13.8. The number of likely N-dealkylation sites (N-methyl/N-ethyl adjacent to an activating group) is 1. The maximum atomic E-state index is 11.1. The van der Waals surface area contributed by atoms with Crippen molar-refractivity contribution in [2.45, 2.75) is 13.0 Å². The van der Waals surface area contributed by atoms with Gasteiger partial charge in [-0.2, -0.15) is 0 Å². The minimum absolute atomic E-state index is 0.0339. The first-order valence-corrected chi connectivity index (χ1v) is 6.99. The number of carbonyl (C=O) groups is 1. The molecule has 104 valence electrons. The van der Waals surface area contributed by atoms with Crippen LogP contribution in [0, 0.1) is 0 Å². The van der Waals surface area contributed by atoms with E-state index in [1.54, 1.807) is 7.05 Å². The predicted octanol–water partition coefficient (Wildman–Crippen LogP) is 1.45. The fraction of sp³-hybridized carbons (Fsp3) is 0.462. The van der Waals surface area contributed by atoms with Crippen LogP contribution in [0.1, 0.15) is 12.0 Å². The molecule has 0 saturated carbocycles. The van der Waals surface area contributed by atoms with E-state index in [4.69, 9.17) is 9.47 Å². The second-order valence-electron chi connectivity index (χ2n) is 4.23. The second kappa shape index (κ2) is 6.77. The van der Waals surface area contributed by atoms with Crippen molar-refractivity contribution in [1.82, 2.24) is 10.6 Å². The molecule has 0 fully saturated rings. The van der Waals surface area contributed by atoms with Crippen LogP contribution in [0.2, 0.25) is 0 Å². The highest BCUT2D eigenvalue weighted by atomic mass is 79.9. The lowest BCUT2D eigenvalue weighted by Gasteiger charge is -2.12. The largest absolute Gasteiger partial charge is 0.490 e. The third-order valence-electron chi connectivity index (χ3n) is 2.76. The van der Waals surface area contributed by atoms with Crippen molar-refractivity contribution in [3.8, 4) is 11.5 Å². The first kappa shape index (κ1) is 14.1. The lowest BCUT2D eigenvalue weighted by molar-refractivity contribution is -0.119. The van der Waals surface area contributed by atoms with Gasteiger partial charge in [0, 0.05) is 20.0 Å². The maximum absolute atomic E-state index is 11.1. The van der Waals surface area contributed by atoms with Crippen molar-refractivity contribution >= 4 is 21.8 Å². The Bertz CT molecular complexity index is 465. The number of fused-ring (bicyclic) bond motifs is 1. The van der Waals surface area contributed by atoms with Gasteiger partial charge in [-0.1, -0.05) is 0 Å². The van der Waals surface area contributed by atoms with Crippen molar-refractivity contribution in [1.29, 1.82) is 0 Å². The molecule has 0 spiro atoms. The molecule has 1 aromatic rings. The van der Waals surface area contributed by atoms with E-state index >= 15 is 0 Å². The monoisotopic (exact) mass is 328 g/mol. The van der Waals surface area contributed by atoms with E-state index in [0.717, 1.165) is 28.0 Å². The van der Waals surface area contributed by atoms with Gasteiger partial charge < -0.3 is 20.1 Å². The number of amides is 1. The molecule has 2 rings (SSSR count). The van der Waals surface area contributed by atoms with Crippen molar-refractivity contribution in [2.75, 3.05) is 26.8 Å². The molecule has 1 amide bonds. The minimum atomic E-state index is -0.0339. The molecule has 0 unspecified atom stereocenters. The topological polar surface area (TPSA) is 59.6 Å². The summed E-state index contributed by atoms with van der Waals surface area (Å²) >= 11 is 3.49. The summed E-state index contributed by atoms with van der Waals surface area (Å²) < 4.78 is 12.2. The average Bonchev–Trinajstić information content (AvgIpc) is 2.64. The number of halogens is 1. The molecular weight excluding hydrogens is 312 g/mol. The summed E-state index contributed by atoms with van der Waals surface area (Å²) in [5.74, 6) is 1.48. The number of ether oxygens (including phenoxy) is 2. The van der Waals surface area contributed by atoms with Gasteiger partial charge in [-0.15, -0.1) is 0 Å². The molecule has 0 aliphatic carbocycles. The molecule has 0 aromatic heterocycles. The highest BCUT2D eigenvalue weighted by molar-refractivity contribution is 9.10. The van der Waals surface area contributed by atoms with Gasteiger partial charge in [0.1, 0.15) is 0 Å². The highest BCUT2D eigenvalue weighted by Crippen LogP contribution is 2.38. The van der Waals surface area contributed by atoms with Crippen molar-refractivity contribution < 1.29 is 14.3 Å². The van der Waals surface area contributed by atoms with Gasteiger partial charge in [-0.3, -0.25) is 4.79 Å². The molecular formula is C13H17BrN2O3. The number of hydrogen-bond donors (Lipinski definition) is 2. The Hall–Kier alpha value is -1.27. The van der Waals surface area contributed by atoms with E-state index in [1.165, 1.54) is 0 Å². The quantitative estimate of drug-likeness (QED) is 0.878. The third kappa shape index (κ3) is 3.84. The molecule has 1 heterocycles. The van der Waals surface area contributed by atoms with Gasteiger partial charge in [0.25, 0.3) is 0 Å². The molecule has 6 heteroatoms. The van der Waals surface area contributed by atoms with Gasteiger partial charge in [0.05, 0.1) is 24.2 Å². The van der Waals surface area contributed by atoms with Crippen LogP contribution in [-0.2, 0) is 11.3 Å². The van der Waals surface area contributed by atoms with Crippen molar-refractivity contribution in [3.63, 3.8) is 0 Å². The van der Waals surface area contributed by atoms with E-state index in [0.29, 0.717) is 26.3 Å². The number of nitrogens with one attached hydrogen (secondary N) is 2. The Morgan fingerprint density at radius 3 is 2.95 bits per heavy atom. The van der Waals surface area contributed by atoms with Crippen LogP contribution in [0.3, 0.4) is 0 Å². The first-order valence-electron chi connectivity index (χ1n) is 6.20. The average molecular weight is 329 g/mol. The van der Waals surface area contributed by atoms with Crippen LogP contribution in [0.5, 0.6) is 11.5 Å². The first-order chi connectivity index (χ1) is 9.20. The summed E-state index contributed by atoms with van der Waals surface area (Å²) in [5, 5.41) is 5.64. The lowest BCUT2D eigenvalue weighted by atomic mass is 10.2. The smallest absolute Gasteiger partial charge is 0.233 e. The Balaban J connectivity index is 2.04. The Morgan fingerprint density at radius 2 is 2.16 bits per heavy atom. The van der Waals surface area contributed by atoms with Crippen molar-refractivity contribution in [3.05, 3.63) is 22.2 Å². The van der Waals surface area contributed by atoms with Gasteiger partial charge in [-0.05, 0) is 33.6 Å². The molecule has 1 aromatic carbocycles. The van der Waals surface area contributed by atoms with Crippen LogP contribution in [0.25, 0.3) is 0 Å². The zero-order valence-electron chi connectivity index (χ0n) is 10.8. The van der Waals surface area contributed by atoms with Gasteiger partial charge >= 0.3 is 0 Å².